The summed E-state index contributed by atoms with van der Waals surface area (Å²) in [6.45, 7) is 12.0. The lowest BCUT2D eigenvalue weighted by Crippen LogP contribution is -2.15. The van der Waals surface area contributed by atoms with Crippen LogP contribution in [-0.2, 0) is 10.8 Å². The van der Waals surface area contributed by atoms with Crippen molar-refractivity contribution >= 4 is 32.3 Å². The van der Waals surface area contributed by atoms with Crippen molar-refractivity contribution in [2.24, 2.45) is 0 Å². The molecule has 8 aromatic carbocycles. The molecule has 0 fully saturated rings. The molecule has 1 unspecified atom stereocenters. The maximum Gasteiger partial charge on any atom is 0.0159 e. The molecule has 0 heteroatoms. The summed E-state index contributed by atoms with van der Waals surface area (Å²) in [5.41, 5.74) is 16.5. The molecule has 1 atom stereocenters. The van der Waals surface area contributed by atoms with Gasteiger partial charge in [-0.05, 0) is 105 Å². The van der Waals surface area contributed by atoms with Gasteiger partial charge in [-0.25, -0.2) is 0 Å². The van der Waals surface area contributed by atoms with Crippen LogP contribution in [0.15, 0.2) is 146 Å². The summed E-state index contributed by atoms with van der Waals surface area (Å²) in [6.07, 6.45) is 0. The Morgan fingerprint density at radius 2 is 0.860 bits per heavy atom. The topological polar surface area (TPSA) is 0 Å². The van der Waals surface area contributed by atoms with Gasteiger partial charge >= 0.3 is 0 Å². The maximum atomic E-state index is 2.57. The molecule has 50 heavy (non-hydrogen) atoms. The average molecular weight is 641 g/mol. The zero-order valence-electron chi connectivity index (χ0n) is 29.4. The highest BCUT2D eigenvalue weighted by molar-refractivity contribution is 6.23. The molecule has 0 aromatic heterocycles. The lowest BCUT2D eigenvalue weighted by molar-refractivity contribution is 0.660. The van der Waals surface area contributed by atoms with E-state index in [1.807, 2.05) is 0 Å². The highest BCUT2D eigenvalue weighted by Gasteiger charge is 2.42. The Morgan fingerprint density at radius 3 is 1.46 bits per heavy atom. The van der Waals surface area contributed by atoms with Crippen LogP contribution in [0.1, 0.15) is 73.9 Å². The van der Waals surface area contributed by atoms with E-state index in [1.54, 1.807) is 0 Å². The van der Waals surface area contributed by atoms with Crippen LogP contribution < -0.4 is 0 Å². The summed E-state index contributed by atoms with van der Waals surface area (Å²) in [7, 11) is 0. The van der Waals surface area contributed by atoms with E-state index in [9.17, 15) is 0 Å². The molecule has 0 radical (unpaired) electrons. The minimum atomic E-state index is -0.140. The summed E-state index contributed by atoms with van der Waals surface area (Å²) in [6, 6.07) is 55.1. The molecule has 240 valence electrons. The average Bonchev–Trinajstić information content (AvgIpc) is 3.53. The van der Waals surface area contributed by atoms with Gasteiger partial charge < -0.3 is 0 Å². The van der Waals surface area contributed by atoms with Gasteiger partial charge in [0, 0.05) is 16.7 Å². The fraction of sp³-hybridized carbons (Fsp3) is 0.160. The van der Waals surface area contributed by atoms with E-state index < -0.39 is 0 Å². The predicted octanol–water partition coefficient (Wildman–Crippen LogP) is 13.6. The molecule has 0 N–H and O–H groups in total. The molecule has 0 amide bonds. The zero-order valence-corrected chi connectivity index (χ0v) is 29.4. The first-order valence-corrected chi connectivity index (χ1v) is 18.1. The third kappa shape index (κ3) is 3.77. The van der Waals surface area contributed by atoms with Crippen LogP contribution in [0, 0.1) is 0 Å². The largest absolute Gasteiger partial charge is 0.0622 e. The number of hydrogen-bond donors (Lipinski definition) is 0. The molecule has 0 nitrogen and oxygen atoms in total. The second-order valence-corrected chi connectivity index (χ2v) is 15.6. The van der Waals surface area contributed by atoms with Crippen LogP contribution in [0.4, 0.5) is 0 Å². The number of hydrogen-bond acceptors (Lipinski definition) is 0. The zero-order chi connectivity index (χ0) is 33.9. The normalized spacial score (nSPS) is 15.5. The molecule has 0 saturated heterocycles. The molecule has 0 aliphatic heterocycles. The highest BCUT2D eigenvalue weighted by Crippen LogP contribution is 2.59. The van der Waals surface area contributed by atoms with Gasteiger partial charge in [-0.2, -0.15) is 0 Å². The monoisotopic (exact) mass is 640 g/mol. The van der Waals surface area contributed by atoms with E-state index >= 15 is 0 Å². The van der Waals surface area contributed by atoms with Gasteiger partial charge in [0.15, 0.2) is 0 Å². The fourth-order valence-electron chi connectivity index (χ4n) is 9.91. The molecular formula is C50H40. The van der Waals surface area contributed by atoms with Crippen LogP contribution in [0.25, 0.3) is 65.7 Å². The first kappa shape index (κ1) is 29.5. The van der Waals surface area contributed by atoms with Crippen molar-refractivity contribution in [2.75, 3.05) is 0 Å². The van der Waals surface area contributed by atoms with Gasteiger partial charge in [-0.1, -0.05) is 174 Å². The second kappa shape index (κ2) is 10.3. The second-order valence-electron chi connectivity index (χ2n) is 15.6. The Bertz CT molecular complexity index is 2630. The Morgan fingerprint density at radius 1 is 0.380 bits per heavy atom. The maximum absolute atomic E-state index is 2.57. The molecule has 2 aliphatic rings. The van der Waals surface area contributed by atoms with Gasteiger partial charge in [-0.3, -0.25) is 0 Å². The van der Waals surface area contributed by atoms with Crippen molar-refractivity contribution in [1.29, 1.82) is 0 Å². The summed E-state index contributed by atoms with van der Waals surface area (Å²) in [4.78, 5) is 0. The van der Waals surface area contributed by atoms with E-state index in [-0.39, 0.29) is 16.7 Å². The molecule has 2 aliphatic carbocycles. The van der Waals surface area contributed by atoms with Gasteiger partial charge in [-0.15, -0.1) is 0 Å². The third-order valence-electron chi connectivity index (χ3n) is 12.4. The SMILES string of the molecule is CC(c1ccccc1)c1c2ccccc2c(-c2cc3c(c4c5c(ccc24)C(C)(C)c2ccccc2-5)-c2ccccc2C3(C)C)c2ccccc12. The fourth-order valence-corrected chi connectivity index (χ4v) is 9.91. The molecule has 8 aromatic rings. The molecule has 0 bridgehead atoms. The predicted molar refractivity (Wildman–Crippen MR) is 213 cm³/mol. The van der Waals surface area contributed by atoms with Crippen molar-refractivity contribution in [2.45, 2.75) is 51.4 Å². The lowest BCUT2D eigenvalue weighted by atomic mass is 9.76. The van der Waals surface area contributed by atoms with Gasteiger partial charge in [0.25, 0.3) is 0 Å². The third-order valence-corrected chi connectivity index (χ3v) is 12.4. The first-order chi connectivity index (χ1) is 24.3. The Hall–Kier alpha value is -5.46. The van der Waals surface area contributed by atoms with E-state index in [2.05, 4.69) is 180 Å². The quantitative estimate of drug-likeness (QED) is 0.169. The van der Waals surface area contributed by atoms with Crippen LogP contribution in [-0.4, -0.2) is 0 Å². The van der Waals surface area contributed by atoms with Crippen molar-refractivity contribution in [1.82, 2.24) is 0 Å². The highest BCUT2D eigenvalue weighted by atomic mass is 14.4. The summed E-state index contributed by atoms with van der Waals surface area (Å²) < 4.78 is 0. The van der Waals surface area contributed by atoms with E-state index in [4.69, 9.17) is 0 Å². The minimum Gasteiger partial charge on any atom is -0.0622 e. The molecule has 0 saturated carbocycles. The minimum absolute atomic E-state index is 0.0781. The van der Waals surface area contributed by atoms with Crippen molar-refractivity contribution in [3.8, 4) is 33.4 Å². The van der Waals surface area contributed by atoms with Crippen molar-refractivity contribution in [3.05, 3.63) is 179 Å². The Labute approximate surface area is 295 Å². The first-order valence-electron chi connectivity index (χ1n) is 18.1. The van der Waals surface area contributed by atoms with E-state index in [0.29, 0.717) is 0 Å². The summed E-state index contributed by atoms with van der Waals surface area (Å²) in [5.74, 6) is 0.243. The molecule has 10 rings (SSSR count). The molecule has 0 spiro atoms. The van der Waals surface area contributed by atoms with E-state index in [0.717, 1.165) is 0 Å². The van der Waals surface area contributed by atoms with Crippen LogP contribution >= 0.6 is 0 Å². The van der Waals surface area contributed by atoms with E-state index in [1.165, 1.54) is 99.1 Å². The number of benzene rings is 8. The lowest BCUT2D eigenvalue weighted by Gasteiger charge is -2.26. The Balaban J connectivity index is 1.40. The number of rotatable bonds is 3. The van der Waals surface area contributed by atoms with Gasteiger partial charge in [0.1, 0.15) is 0 Å². The van der Waals surface area contributed by atoms with Crippen molar-refractivity contribution < 1.29 is 0 Å². The molecule has 0 heterocycles. The summed E-state index contributed by atoms with van der Waals surface area (Å²) in [5, 5.41) is 8.05. The smallest absolute Gasteiger partial charge is 0.0159 e. The van der Waals surface area contributed by atoms with Crippen LogP contribution in [0.3, 0.4) is 0 Å². The number of fused-ring (bicyclic) bond motifs is 11. The van der Waals surface area contributed by atoms with Crippen LogP contribution in [0.2, 0.25) is 0 Å². The summed E-state index contributed by atoms with van der Waals surface area (Å²) >= 11 is 0. The standard InChI is InChI=1S/C50H40/c1-30(31-17-7-6-8-18-31)44-32-19-9-11-21-34(32)45(35-22-12-10-20-33(35)44)39-29-43-47(38-24-14-16-26-41(38)50(43,4)5)48-36(39)27-28-42-46(48)37-23-13-15-25-40(37)49(42,2)3/h6-30H,1-5H3. The van der Waals surface area contributed by atoms with Crippen molar-refractivity contribution in [3.63, 3.8) is 0 Å². The van der Waals surface area contributed by atoms with Gasteiger partial charge in [0.05, 0.1) is 0 Å². The Kier molecular flexibility index (Phi) is 6.06. The van der Waals surface area contributed by atoms with Gasteiger partial charge in [0.2, 0.25) is 0 Å². The van der Waals surface area contributed by atoms with Crippen LogP contribution in [0.5, 0.6) is 0 Å². The molecular weight excluding hydrogens is 601 g/mol.